The van der Waals surface area contributed by atoms with Crippen molar-refractivity contribution in [2.24, 2.45) is 5.92 Å². The standard InChI is InChI=1S/C22H21ClN4O3S2/c1-12-3-5-14-17(9-12)32-20-19(14)21(29)27(15-10-13(23)4-6-16(15)30-2)22(26-20)31-11-18(28)25-8-7-24/h4,6,10,12H,3,5,8-9,11H2,1-2H3,(H,25,28). The predicted molar refractivity (Wildman–Crippen MR) is 127 cm³/mol. The minimum atomic E-state index is -0.310. The summed E-state index contributed by atoms with van der Waals surface area (Å²) in [7, 11) is 1.53. The number of methoxy groups -OCH3 is 1. The second-order valence-electron chi connectivity index (χ2n) is 7.61. The third-order valence-corrected chi connectivity index (χ3v) is 7.70. The number of hydrogen-bond acceptors (Lipinski definition) is 7. The molecule has 1 aromatic carbocycles. The zero-order valence-corrected chi connectivity index (χ0v) is 20.0. The van der Waals surface area contributed by atoms with Crippen molar-refractivity contribution in [1.29, 1.82) is 5.26 Å². The van der Waals surface area contributed by atoms with Crippen molar-refractivity contribution in [3.63, 3.8) is 0 Å². The molecule has 1 N–H and O–H groups in total. The summed E-state index contributed by atoms with van der Waals surface area (Å²) in [6, 6.07) is 6.93. The number of benzene rings is 1. The lowest BCUT2D eigenvalue weighted by molar-refractivity contribution is -0.118. The van der Waals surface area contributed by atoms with Crippen LogP contribution >= 0.6 is 34.7 Å². The maximum atomic E-state index is 13.8. The number of amides is 1. The number of halogens is 1. The number of nitrogens with zero attached hydrogens (tertiary/aromatic N) is 3. The first-order chi connectivity index (χ1) is 15.4. The summed E-state index contributed by atoms with van der Waals surface area (Å²) in [5.41, 5.74) is 1.37. The lowest BCUT2D eigenvalue weighted by atomic mass is 9.89. The lowest BCUT2D eigenvalue weighted by Crippen LogP contribution is -2.27. The smallest absolute Gasteiger partial charge is 0.267 e. The molecule has 4 rings (SSSR count). The first-order valence-electron chi connectivity index (χ1n) is 10.1. The molecular weight excluding hydrogens is 468 g/mol. The van der Waals surface area contributed by atoms with Crippen LogP contribution in [0.15, 0.2) is 28.2 Å². The second kappa shape index (κ2) is 9.53. The van der Waals surface area contributed by atoms with Crippen molar-refractivity contribution in [3.05, 3.63) is 44.0 Å². The molecule has 1 amide bonds. The molecule has 0 radical (unpaired) electrons. The van der Waals surface area contributed by atoms with Gasteiger partial charge in [0.2, 0.25) is 5.91 Å². The van der Waals surface area contributed by atoms with Crippen LogP contribution in [0.1, 0.15) is 23.8 Å². The van der Waals surface area contributed by atoms with Crippen LogP contribution < -0.4 is 15.6 Å². The summed E-state index contributed by atoms with van der Waals surface area (Å²) in [6.45, 7) is 2.15. The van der Waals surface area contributed by atoms with Gasteiger partial charge in [-0.2, -0.15) is 5.26 Å². The highest BCUT2D eigenvalue weighted by Crippen LogP contribution is 2.37. The van der Waals surface area contributed by atoms with Gasteiger partial charge in [0.1, 0.15) is 17.1 Å². The van der Waals surface area contributed by atoms with E-state index in [-0.39, 0.29) is 23.8 Å². The van der Waals surface area contributed by atoms with Gasteiger partial charge in [-0.1, -0.05) is 30.3 Å². The van der Waals surface area contributed by atoms with E-state index in [2.05, 4.69) is 12.2 Å². The first kappa shape index (κ1) is 22.6. The quantitative estimate of drug-likeness (QED) is 0.320. The van der Waals surface area contributed by atoms with Crippen LogP contribution in [0.25, 0.3) is 15.9 Å². The Labute approximate surface area is 198 Å². The van der Waals surface area contributed by atoms with Crippen molar-refractivity contribution in [3.8, 4) is 17.5 Å². The van der Waals surface area contributed by atoms with Crippen LogP contribution in [0.3, 0.4) is 0 Å². The van der Waals surface area contributed by atoms with E-state index in [1.165, 1.54) is 16.6 Å². The number of aryl methyl sites for hydroxylation is 1. The molecular formula is C22H21ClN4O3S2. The topological polar surface area (TPSA) is 97.0 Å². The fraction of sp³-hybridized carbons (Fsp3) is 0.364. The van der Waals surface area contributed by atoms with Gasteiger partial charge in [0.05, 0.1) is 30.0 Å². The Balaban J connectivity index is 1.90. The van der Waals surface area contributed by atoms with Gasteiger partial charge in [-0.25, -0.2) is 4.98 Å². The molecule has 1 atom stereocenters. The molecule has 1 aliphatic rings. The Morgan fingerprint density at radius 1 is 1.50 bits per heavy atom. The summed E-state index contributed by atoms with van der Waals surface area (Å²) < 4.78 is 6.98. The number of carbonyl (C=O) groups excluding carboxylic acids is 1. The van der Waals surface area contributed by atoms with E-state index in [4.69, 9.17) is 26.6 Å². The van der Waals surface area contributed by atoms with Crippen LogP contribution in [-0.4, -0.2) is 34.9 Å². The number of ether oxygens (including phenoxy) is 1. The number of fused-ring (bicyclic) bond motifs is 3. The Hall–Kier alpha value is -2.54. The Morgan fingerprint density at radius 3 is 3.06 bits per heavy atom. The van der Waals surface area contributed by atoms with Gasteiger partial charge in [-0.3, -0.25) is 14.2 Å². The average Bonchev–Trinajstić information content (AvgIpc) is 3.13. The predicted octanol–water partition coefficient (Wildman–Crippen LogP) is 3.97. The fourth-order valence-corrected chi connectivity index (χ4v) is 6.26. The highest BCUT2D eigenvalue weighted by Gasteiger charge is 2.26. The van der Waals surface area contributed by atoms with Crippen LogP contribution in [-0.2, 0) is 17.6 Å². The van der Waals surface area contributed by atoms with Gasteiger partial charge < -0.3 is 10.1 Å². The van der Waals surface area contributed by atoms with Crippen molar-refractivity contribution < 1.29 is 9.53 Å². The molecule has 0 spiro atoms. The third-order valence-electron chi connectivity index (χ3n) is 5.38. The van der Waals surface area contributed by atoms with Gasteiger partial charge in [-0.05, 0) is 48.9 Å². The molecule has 0 fully saturated rings. The molecule has 166 valence electrons. The summed E-state index contributed by atoms with van der Waals surface area (Å²) in [4.78, 5) is 32.6. The van der Waals surface area contributed by atoms with Gasteiger partial charge in [0, 0.05) is 9.90 Å². The number of carbonyl (C=O) groups is 1. The van der Waals surface area contributed by atoms with E-state index in [1.807, 2.05) is 6.07 Å². The molecule has 7 nitrogen and oxygen atoms in total. The summed E-state index contributed by atoms with van der Waals surface area (Å²) in [5.74, 6) is 0.759. The number of nitriles is 1. The maximum Gasteiger partial charge on any atom is 0.267 e. The molecule has 1 aliphatic carbocycles. The van der Waals surface area contributed by atoms with Crippen molar-refractivity contribution in [1.82, 2.24) is 14.9 Å². The number of nitrogens with one attached hydrogen (secondary N) is 1. The van der Waals surface area contributed by atoms with Crippen LogP contribution in [0.4, 0.5) is 0 Å². The molecule has 2 heterocycles. The van der Waals surface area contributed by atoms with Crippen LogP contribution in [0.5, 0.6) is 5.75 Å². The van der Waals surface area contributed by atoms with E-state index in [0.29, 0.717) is 37.8 Å². The average molecular weight is 489 g/mol. The molecule has 10 heteroatoms. The zero-order valence-electron chi connectivity index (χ0n) is 17.6. The summed E-state index contributed by atoms with van der Waals surface area (Å²) in [5, 5.41) is 12.7. The number of thioether (sulfide) groups is 1. The maximum absolute atomic E-state index is 13.8. The van der Waals surface area contributed by atoms with Gasteiger partial charge in [0.25, 0.3) is 5.56 Å². The van der Waals surface area contributed by atoms with E-state index in [0.717, 1.165) is 36.6 Å². The van der Waals surface area contributed by atoms with E-state index in [1.54, 1.807) is 29.5 Å². The van der Waals surface area contributed by atoms with E-state index in [9.17, 15) is 9.59 Å². The summed E-state index contributed by atoms with van der Waals surface area (Å²) in [6.07, 6.45) is 2.83. The molecule has 0 aliphatic heterocycles. The molecule has 0 bridgehead atoms. The zero-order chi connectivity index (χ0) is 22.8. The Kier molecular flexibility index (Phi) is 6.74. The van der Waals surface area contributed by atoms with Crippen molar-refractivity contribution >= 4 is 50.8 Å². The number of thiophene rings is 1. The molecule has 1 unspecified atom stereocenters. The lowest BCUT2D eigenvalue weighted by Gasteiger charge is -2.18. The van der Waals surface area contributed by atoms with Gasteiger partial charge in [0.15, 0.2) is 5.16 Å². The molecule has 0 saturated carbocycles. The molecule has 0 saturated heterocycles. The summed E-state index contributed by atoms with van der Waals surface area (Å²) >= 11 is 8.95. The third kappa shape index (κ3) is 4.35. The SMILES string of the molecule is COc1ccc(Cl)cc1-n1c(SCC(=O)NCC#N)nc2sc3c(c2c1=O)CCC(C)C3. The molecule has 3 aromatic rings. The minimum Gasteiger partial charge on any atom is -0.495 e. The van der Waals surface area contributed by atoms with Crippen LogP contribution in [0, 0.1) is 17.2 Å². The number of rotatable bonds is 6. The minimum absolute atomic E-state index is 0.0185. The van der Waals surface area contributed by atoms with Gasteiger partial charge in [-0.15, -0.1) is 11.3 Å². The van der Waals surface area contributed by atoms with E-state index >= 15 is 0 Å². The second-order valence-corrected chi connectivity index (χ2v) is 10.1. The van der Waals surface area contributed by atoms with Gasteiger partial charge >= 0.3 is 0 Å². The van der Waals surface area contributed by atoms with Crippen molar-refractivity contribution in [2.75, 3.05) is 19.4 Å². The van der Waals surface area contributed by atoms with Crippen LogP contribution in [0.2, 0.25) is 5.02 Å². The van der Waals surface area contributed by atoms with E-state index < -0.39 is 0 Å². The van der Waals surface area contributed by atoms with Crippen molar-refractivity contribution in [2.45, 2.75) is 31.3 Å². The normalized spacial score (nSPS) is 15.2. The Morgan fingerprint density at radius 2 is 2.31 bits per heavy atom. The molecule has 2 aromatic heterocycles. The highest BCUT2D eigenvalue weighted by molar-refractivity contribution is 7.99. The largest absolute Gasteiger partial charge is 0.495 e. The Bertz CT molecular complexity index is 1300. The number of hydrogen-bond donors (Lipinski definition) is 1. The number of aromatic nitrogens is 2. The molecule has 32 heavy (non-hydrogen) atoms. The first-order valence-corrected chi connectivity index (χ1v) is 12.3. The highest BCUT2D eigenvalue weighted by atomic mass is 35.5. The monoisotopic (exact) mass is 488 g/mol. The fourth-order valence-electron chi connectivity index (χ4n) is 3.84.